The van der Waals surface area contributed by atoms with Crippen molar-refractivity contribution in [1.82, 2.24) is 10.2 Å². The van der Waals surface area contributed by atoms with Gasteiger partial charge in [-0.25, -0.2) is 4.79 Å². The molecule has 0 radical (unpaired) electrons. The number of anilines is 1. The Hall–Kier alpha value is -3.44. The fourth-order valence-corrected chi connectivity index (χ4v) is 4.50. The van der Waals surface area contributed by atoms with Crippen LogP contribution in [0.15, 0.2) is 36.4 Å². The van der Waals surface area contributed by atoms with Gasteiger partial charge in [0.1, 0.15) is 17.7 Å². The fraction of sp³-hybridized carbons (Fsp3) is 0.433. The molecule has 0 saturated heterocycles. The van der Waals surface area contributed by atoms with E-state index in [1.807, 2.05) is 70.3 Å². The third-order valence-corrected chi connectivity index (χ3v) is 6.59. The molecule has 0 aliphatic heterocycles. The number of terminal acetylenes is 1. The van der Waals surface area contributed by atoms with Gasteiger partial charge in [0, 0.05) is 11.7 Å². The molecule has 0 aliphatic carbocycles. The van der Waals surface area contributed by atoms with E-state index in [-0.39, 0.29) is 0 Å². The molecule has 0 bridgehead atoms. The van der Waals surface area contributed by atoms with E-state index < -0.39 is 35.6 Å². The van der Waals surface area contributed by atoms with Crippen LogP contribution in [0.25, 0.3) is 0 Å². The van der Waals surface area contributed by atoms with Gasteiger partial charge in [-0.15, -0.1) is 0 Å². The lowest BCUT2D eigenvalue weighted by atomic mass is 9.96. The zero-order chi connectivity index (χ0) is 28.6. The maximum absolute atomic E-state index is 13.9. The molecular weight excluding hydrogens is 498 g/mol. The minimum absolute atomic E-state index is 0.315. The number of hydrogen-bond donors (Lipinski definition) is 2. The predicted molar refractivity (Wildman–Crippen MR) is 155 cm³/mol. The van der Waals surface area contributed by atoms with Crippen LogP contribution in [-0.4, -0.2) is 46.5 Å². The zero-order valence-electron chi connectivity index (χ0n) is 23.6. The van der Waals surface area contributed by atoms with E-state index in [1.54, 1.807) is 20.8 Å². The molecule has 0 spiro atoms. The average Bonchev–Trinajstić information content (AvgIpc) is 2.82. The van der Waals surface area contributed by atoms with Gasteiger partial charge in [0.15, 0.2) is 0 Å². The van der Waals surface area contributed by atoms with Crippen molar-refractivity contribution < 1.29 is 19.1 Å². The van der Waals surface area contributed by atoms with Crippen molar-refractivity contribution >= 4 is 35.4 Å². The maximum Gasteiger partial charge on any atom is 0.408 e. The van der Waals surface area contributed by atoms with Crippen LogP contribution >= 0.6 is 11.8 Å². The van der Waals surface area contributed by atoms with Gasteiger partial charge in [0.05, 0.1) is 0 Å². The summed E-state index contributed by atoms with van der Waals surface area (Å²) in [5.74, 6) is -0.411. The first-order valence-corrected chi connectivity index (χ1v) is 13.9. The largest absolute Gasteiger partial charge is 0.444 e. The van der Waals surface area contributed by atoms with Gasteiger partial charge < -0.3 is 15.4 Å². The first-order valence-electron chi connectivity index (χ1n) is 12.5. The number of para-hydroxylation sites is 1. The smallest absolute Gasteiger partial charge is 0.408 e. The van der Waals surface area contributed by atoms with Crippen molar-refractivity contribution in [1.29, 1.82) is 0 Å². The lowest BCUT2D eigenvalue weighted by molar-refractivity contribution is -0.136. The van der Waals surface area contributed by atoms with Gasteiger partial charge in [-0.2, -0.15) is 11.8 Å². The molecule has 0 heterocycles. The number of benzene rings is 2. The van der Waals surface area contributed by atoms with Gasteiger partial charge in [0.2, 0.25) is 0 Å². The molecule has 204 valence electrons. The lowest BCUT2D eigenvalue weighted by Crippen LogP contribution is -2.51. The second kappa shape index (κ2) is 13.4. The number of nitrogens with zero attached hydrogens (tertiary/aromatic N) is 1. The van der Waals surface area contributed by atoms with Crippen LogP contribution in [0.4, 0.5) is 10.5 Å². The summed E-state index contributed by atoms with van der Waals surface area (Å²) < 4.78 is 5.39. The number of aryl methyl sites for hydroxylation is 4. The molecule has 0 aromatic heterocycles. The summed E-state index contributed by atoms with van der Waals surface area (Å²) in [7, 11) is 0. The second-order valence-corrected chi connectivity index (χ2v) is 11.3. The Morgan fingerprint density at radius 2 is 1.68 bits per heavy atom. The Morgan fingerprint density at radius 3 is 2.24 bits per heavy atom. The molecule has 2 rings (SSSR count). The van der Waals surface area contributed by atoms with E-state index >= 15 is 0 Å². The van der Waals surface area contributed by atoms with Crippen molar-refractivity contribution in [2.75, 3.05) is 17.3 Å². The summed E-state index contributed by atoms with van der Waals surface area (Å²) in [5, 5.41) is 5.67. The van der Waals surface area contributed by atoms with E-state index in [2.05, 4.69) is 16.7 Å². The minimum atomic E-state index is -1.12. The van der Waals surface area contributed by atoms with Crippen molar-refractivity contribution in [3.63, 3.8) is 0 Å². The fourth-order valence-electron chi connectivity index (χ4n) is 4.03. The molecule has 38 heavy (non-hydrogen) atoms. The number of carbonyl (C=O) groups is 3. The van der Waals surface area contributed by atoms with Gasteiger partial charge in [-0.3, -0.25) is 14.5 Å². The Bertz CT molecular complexity index is 1190. The molecule has 8 heteroatoms. The van der Waals surface area contributed by atoms with Gasteiger partial charge in [-0.1, -0.05) is 48.4 Å². The number of ether oxygens (including phenoxy) is 1. The number of rotatable bonds is 9. The van der Waals surface area contributed by atoms with E-state index in [9.17, 15) is 14.4 Å². The standard InChI is InChI=1S/C30H39N3O4S/c1-10-33(28(35)24(16-17-38-9)31-29(36)37-30(6,7)8)26(23-18-19(2)14-15-20(23)3)27(34)32-25-21(4)12-11-13-22(25)5/h1,11-15,18,24,26H,16-17H2,2-9H3,(H,31,36)(H,32,34). The average molecular weight is 538 g/mol. The van der Waals surface area contributed by atoms with E-state index in [4.69, 9.17) is 11.2 Å². The summed E-state index contributed by atoms with van der Waals surface area (Å²) in [6, 6.07) is 11.8. The highest BCUT2D eigenvalue weighted by molar-refractivity contribution is 7.98. The molecular formula is C30H39N3O4S. The summed E-state index contributed by atoms with van der Waals surface area (Å²) in [5.41, 5.74) is 4.05. The highest BCUT2D eigenvalue weighted by atomic mass is 32.2. The molecule has 2 aromatic rings. The van der Waals surface area contributed by atoms with Crippen LogP contribution in [0.3, 0.4) is 0 Å². The molecule has 0 aliphatic rings. The van der Waals surface area contributed by atoms with Crippen molar-refractivity contribution in [2.24, 2.45) is 0 Å². The van der Waals surface area contributed by atoms with Crippen molar-refractivity contribution in [3.05, 3.63) is 64.2 Å². The molecule has 3 amide bonds. The Morgan fingerprint density at radius 1 is 1.05 bits per heavy atom. The summed E-state index contributed by atoms with van der Waals surface area (Å²) in [4.78, 5) is 41.5. The summed E-state index contributed by atoms with van der Waals surface area (Å²) in [6.45, 7) is 12.8. The second-order valence-electron chi connectivity index (χ2n) is 10.3. The first-order chi connectivity index (χ1) is 17.8. The topological polar surface area (TPSA) is 87.7 Å². The predicted octanol–water partition coefficient (Wildman–Crippen LogP) is 5.67. The lowest BCUT2D eigenvalue weighted by Gasteiger charge is -2.31. The zero-order valence-corrected chi connectivity index (χ0v) is 24.4. The monoisotopic (exact) mass is 537 g/mol. The van der Waals surface area contributed by atoms with Crippen LogP contribution < -0.4 is 10.6 Å². The van der Waals surface area contributed by atoms with Crippen LogP contribution in [0.5, 0.6) is 0 Å². The number of hydrogen-bond acceptors (Lipinski definition) is 5. The van der Waals surface area contributed by atoms with Crippen LogP contribution in [0, 0.1) is 40.2 Å². The number of amides is 3. The quantitative estimate of drug-likeness (QED) is 0.318. The summed E-state index contributed by atoms with van der Waals surface area (Å²) >= 11 is 1.53. The molecule has 2 aromatic carbocycles. The molecule has 0 saturated carbocycles. The van der Waals surface area contributed by atoms with Gasteiger partial charge in [-0.05, 0) is 89.1 Å². The van der Waals surface area contributed by atoms with Gasteiger partial charge >= 0.3 is 6.09 Å². The Kier molecular flexibility index (Phi) is 10.8. The van der Waals surface area contributed by atoms with E-state index in [1.165, 1.54) is 11.8 Å². The molecule has 2 unspecified atom stereocenters. The van der Waals surface area contributed by atoms with Crippen LogP contribution in [0.2, 0.25) is 0 Å². The van der Waals surface area contributed by atoms with Crippen LogP contribution in [-0.2, 0) is 14.3 Å². The number of alkyl carbamates (subject to hydrolysis) is 1. The van der Waals surface area contributed by atoms with E-state index in [0.29, 0.717) is 23.4 Å². The number of nitrogens with one attached hydrogen (secondary N) is 2. The molecule has 7 nitrogen and oxygen atoms in total. The van der Waals surface area contributed by atoms with Gasteiger partial charge in [0.25, 0.3) is 11.8 Å². The molecule has 0 fully saturated rings. The van der Waals surface area contributed by atoms with E-state index in [0.717, 1.165) is 27.2 Å². The highest BCUT2D eigenvalue weighted by Crippen LogP contribution is 2.29. The van der Waals surface area contributed by atoms with Crippen molar-refractivity contribution in [2.45, 2.75) is 72.6 Å². The van der Waals surface area contributed by atoms with Crippen molar-refractivity contribution in [3.8, 4) is 12.5 Å². The minimum Gasteiger partial charge on any atom is -0.444 e. The number of thioether (sulfide) groups is 1. The highest BCUT2D eigenvalue weighted by Gasteiger charge is 2.36. The Labute approximate surface area is 231 Å². The number of carbonyl (C=O) groups excluding carboxylic acids is 3. The third kappa shape index (κ3) is 8.29. The SMILES string of the molecule is C#CN(C(=O)C(CCSC)NC(=O)OC(C)(C)C)C(C(=O)Nc1c(C)cccc1C)c1cc(C)ccc1C. The first kappa shape index (κ1) is 30.8. The van der Waals surface area contributed by atoms with Crippen LogP contribution in [0.1, 0.15) is 61.1 Å². The molecule has 2 atom stereocenters. The maximum atomic E-state index is 13.9. The third-order valence-electron chi connectivity index (χ3n) is 5.94. The summed E-state index contributed by atoms with van der Waals surface area (Å²) in [6.07, 6.45) is 7.41. The Balaban J connectivity index is 2.55. The molecule has 2 N–H and O–H groups in total. The normalized spacial score (nSPS) is 12.6.